The largest absolute Gasteiger partial charge is 0.493 e. The number of nitrogens with zero attached hydrogens (tertiary/aromatic N) is 2. The third kappa shape index (κ3) is 4.14. The van der Waals surface area contributed by atoms with E-state index in [1.54, 1.807) is 24.5 Å². The van der Waals surface area contributed by atoms with Gasteiger partial charge in [-0.3, -0.25) is 14.5 Å². The van der Waals surface area contributed by atoms with E-state index in [-0.39, 0.29) is 29.4 Å². The lowest BCUT2D eigenvalue weighted by Gasteiger charge is -2.60. The maximum absolute atomic E-state index is 13.5. The van der Waals surface area contributed by atoms with Crippen molar-refractivity contribution < 1.29 is 23.8 Å². The van der Waals surface area contributed by atoms with Crippen LogP contribution in [0.4, 0.5) is 0 Å². The second-order valence-electron chi connectivity index (χ2n) is 12.1. The molecule has 9 heteroatoms. The molecule has 2 aliphatic heterocycles. The molecule has 1 amide bonds. The van der Waals surface area contributed by atoms with E-state index in [0.29, 0.717) is 23.5 Å². The molecule has 3 heterocycles. The minimum Gasteiger partial charge on any atom is -0.493 e. The van der Waals surface area contributed by atoms with Crippen molar-refractivity contribution in [3.05, 3.63) is 44.1 Å². The zero-order valence-corrected chi connectivity index (χ0v) is 25.6. The third-order valence-corrected chi connectivity index (χ3v) is 11.6. The van der Waals surface area contributed by atoms with Crippen molar-refractivity contribution in [1.29, 1.82) is 0 Å². The number of ether oxygens (including phenoxy) is 3. The smallest absolute Gasteiger partial charge is 0.308 e. The van der Waals surface area contributed by atoms with E-state index in [0.717, 1.165) is 65.4 Å². The van der Waals surface area contributed by atoms with Crippen molar-refractivity contribution in [3.8, 4) is 17.2 Å². The van der Waals surface area contributed by atoms with E-state index < -0.39 is 0 Å². The van der Waals surface area contributed by atoms with Crippen LogP contribution in [0.1, 0.15) is 55.0 Å². The molecule has 1 aromatic carbocycles. The van der Waals surface area contributed by atoms with E-state index in [1.807, 2.05) is 35.5 Å². The number of likely N-dealkylation sites (N-methyl/N-ethyl adjacent to an activating group) is 1. The highest BCUT2D eigenvalue weighted by atomic mass is 79.9. The van der Waals surface area contributed by atoms with Crippen LogP contribution in [0.3, 0.4) is 0 Å². The van der Waals surface area contributed by atoms with Crippen molar-refractivity contribution in [2.75, 3.05) is 27.2 Å². The maximum atomic E-state index is 13.5. The Bertz CT molecular complexity index is 1400. The van der Waals surface area contributed by atoms with E-state index >= 15 is 0 Å². The topological polar surface area (TPSA) is 68.3 Å². The number of amides is 1. The number of hydrogen-bond donors (Lipinski definition) is 0. The fourth-order valence-electron chi connectivity index (χ4n) is 8.14. The Morgan fingerprint density at radius 1 is 1.25 bits per heavy atom. The van der Waals surface area contributed by atoms with Gasteiger partial charge in [0, 0.05) is 70.0 Å². The molecule has 40 heavy (non-hydrogen) atoms. The highest BCUT2D eigenvalue weighted by Gasteiger charge is 2.67. The van der Waals surface area contributed by atoms with Crippen molar-refractivity contribution in [2.45, 2.75) is 69.1 Å². The summed E-state index contributed by atoms with van der Waals surface area (Å²) in [7, 11) is 3.55. The minimum absolute atomic E-state index is 0.0183. The van der Waals surface area contributed by atoms with Gasteiger partial charge in [-0.1, -0.05) is 0 Å². The average molecular weight is 628 g/mol. The van der Waals surface area contributed by atoms with Crippen molar-refractivity contribution in [1.82, 2.24) is 9.80 Å². The van der Waals surface area contributed by atoms with Crippen LogP contribution in [0, 0.1) is 11.8 Å². The SMILES string of the molecule is COc1cc(OC(C)=O)c2c3c1O[C@H]1[C@H](N(C)C(=O)/C=C/c4cc(Br)cs4)CC[C@H]4[C@@H](C2)N(CC2CC2)CC[C@@]341. The number of carbonyl (C=O) groups excluding carboxylic acids is 2. The molecule has 212 valence electrons. The van der Waals surface area contributed by atoms with E-state index in [4.69, 9.17) is 14.2 Å². The fraction of sp³-hybridized carbons (Fsp3) is 0.548. The first-order chi connectivity index (χ1) is 19.3. The lowest BCUT2D eigenvalue weighted by Crippen LogP contribution is -2.69. The molecular formula is C31H35BrN2O5S. The number of likely N-dealkylation sites (tertiary alicyclic amines) is 1. The summed E-state index contributed by atoms with van der Waals surface area (Å²) in [6, 6.07) is 4.15. The van der Waals surface area contributed by atoms with Gasteiger partial charge in [0.15, 0.2) is 11.5 Å². The zero-order valence-electron chi connectivity index (χ0n) is 23.2. The lowest BCUT2D eigenvalue weighted by molar-refractivity contribution is -0.135. The number of carbonyl (C=O) groups is 2. The molecule has 1 spiro atoms. The second-order valence-corrected chi connectivity index (χ2v) is 14.0. The molecule has 0 radical (unpaired) electrons. The highest BCUT2D eigenvalue weighted by molar-refractivity contribution is 9.10. The number of piperidine rings is 1. The quantitative estimate of drug-likeness (QED) is 0.232. The first kappa shape index (κ1) is 26.5. The summed E-state index contributed by atoms with van der Waals surface area (Å²) in [5.41, 5.74) is 2.02. The molecule has 0 unspecified atom stereocenters. The van der Waals surface area contributed by atoms with Gasteiger partial charge in [-0.05, 0) is 85.0 Å². The Labute approximate surface area is 247 Å². The van der Waals surface area contributed by atoms with Crippen molar-refractivity contribution in [2.24, 2.45) is 11.8 Å². The van der Waals surface area contributed by atoms with Gasteiger partial charge in [0.2, 0.25) is 5.91 Å². The molecule has 1 saturated heterocycles. The molecule has 5 atom stereocenters. The maximum Gasteiger partial charge on any atom is 0.308 e. The fourth-order valence-corrected chi connectivity index (χ4v) is 9.48. The van der Waals surface area contributed by atoms with Crippen LogP contribution in [-0.2, 0) is 21.4 Å². The van der Waals surface area contributed by atoms with Crippen molar-refractivity contribution in [3.63, 3.8) is 0 Å². The van der Waals surface area contributed by atoms with Gasteiger partial charge in [0.25, 0.3) is 0 Å². The van der Waals surface area contributed by atoms with E-state index in [2.05, 4.69) is 20.8 Å². The molecule has 1 aromatic heterocycles. The molecule has 7 rings (SSSR count). The van der Waals surface area contributed by atoms with Gasteiger partial charge in [-0.25, -0.2) is 0 Å². The van der Waals surface area contributed by atoms with E-state index in [9.17, 15) is 9.59 Å². The zero-order chi connectivity index (χ0) is 27.8. The first-order valence-electron chi connectivity index (χ1n) is 14.3. The molecule has 2 bridgehead atoms. The van der Waals surface area contributed by atoms with Crippen LogP contribution >= 0.6 is 27.3 Å². The highest BCUT2D eigenvalue weighted by Crippen LogP contribution is 2.66. The third-order valence-electron chi connectivity index (χ3n) is 9.96. The summed E-state index contributed by atoms with van der Waals surface area (Å²) in [5, 5.41) is 2.02. The number of halogens is 1. The number of benzene rings is 1. The number of methoxy groups -OCH3 is 1. The van der Waals surface area contributed by atoms with Crippen LogP contribution in [-0.4, -0.2) is 67.1 Å². The van der Waals surface area contributed by atoms with Crippen LogP contribution in [0.15, 0.2) is 28.1 Å². The van der Waals surface area contributed by atoms with Gasteiger partial charge in [0.05, 0.1) is 13.2 Å². The summed E-state index contributed by atoms with van der Waals surface area (Å²) < 4.78 is 19.6. The average Bonchev–Trinajstić information content (AvgIpc) is 3.55. The van der Waals surface area contributed by atoms with Gasteiger partial charge in [0.1, 0.15) is 11.9 Å². The normalized spacial score (nSPS) is 30.1. The lowest BCUT2D eigenvalue weighted by atomic mass is 9.50. The Hall–Kier alpha value is -2.36. The number of hydrogen-bond acceptors (Lipinski definition) is 7. The number of rotatable bonds is 7. The minimum atomic E-state index is -0.329. The predicted molar refractivity (Wildman–Crippen MR) is 157 cm³/mol. The van der Waals surface area contributed by atoms with Crippen LogP contribution in [0.2, 0.25) is 0 Å². The van der Waals surface area contributed by atoms with Gasteiger partial charge >= 0.3 is 5.97 Å². The standard InChI is InChI=1S/C31H35BrN2O5S/c1-17(35)38-25-14-26(37-3)29-28-21(25)13-24-22-7-8-23(33(2)27(36)9-6-20-12-19(32)16-40-20)30(39-29)31(22,28)10-11-34(24)15-18-4-5-18/h6,9,12,14,16,18,22-24,30H,4-5,7-8,10-11,13,15H2,1-3H3/b9-6+/t22-,23+,24+,30-,31-/m0/s1. The summed E-state index contributed by atoms with van der Waals surface area (Å²) in [6.07, 6.45) is 9.80. The summed E-state index contributed by atoms with van der Waals surface area (Å²) in [6.45, 7) is 3.62. The summed E-state index contributed by atoms with van der Waals surface area (Å²) in [4.78, 5) is 31.3. The Balaban J connectivity index is 1.29. The van der Waals surface area contributed by atoms with Crippen molar-refractivity contribution >= 4 is 45.2 Å². The Kier molecular flexibility index (Phi) is 6.55. The van der Waals surface area contributed by atoms with Crippen LogP contribution < -0.4 is 14.2 Å². The number of esters is 1. The monoisotopic (exact) mass is 626 g/mol. The van der Waals surface area contributed by atoms with E-state index in [1.165, 1.54) is 25.3 Å². The molecule has 2 saturated carbocycles. The summed E-state index contributed by atoms with van der Waals surface area (Å²) >= 11 is 5.09. The predicted octanol–water partition coefficient (Wildman–Crippen LogP) is 5.43. The first-order valence-corrected chi connectivity index (χ1v) is 16.0. The molecule has 5 aliphatic rings. The molecule has 3 fully saturated rings. The van der Waals surface area contributed by atoms with Gasteiger partial charge in [-0.15, -0.1) is 11.3 Å². The molecule has 3 aliphatic carbocycles. The molecule has 0 N–H and O–H groups in total. The summed E-state index contributed by atoms with van der Waals surface area (Å²) in [5.74, 6) is 2.87. The molecule has 2 aromatic rings. The molecule has 7 nitrogen and oxygen atoms in total. The van der Waals surface area contributed by atoms with Gasteiger partial charge in [-0.2, -0.15) is 0 Å². The Morgan fingerprint density at radius 2 is 2.08 bits per heavy atom. The second kappa shape index (κ2) is 9.88. The molecular weight excluding hydrogens is 592 g/mol. The van der Waals surface area contributed by atoms with Gasteiger partial charge < -0.3 is 19.1 Å². The number of thiophene rings is 1. The van der Waals surface area contributed by atoms with Crippen LogP contribution in [0.25, 0.3) is 6.08 Å². The Morgan fingerprint density at radius 3 is 2.77 bits per heavy atom. The van der Waals surface area contributed by atoms with Crippen LogP contribution in [0.5, 0.6) is 17.2 Å².